The van der Waals surface area contributed by atoms with Crippen molar-refractivity contribution in [1.29, 1.82) is 0 Å². The van der Waals surface area contributed by atoms with Gasteiger partial charge in [-0.15, -0.1) is 11.3 Å². The number of nitrogens with one attached hydrogen (secondary N) is 2. The molecule has 0 saturated carbocycles. The van der Waals surface area contributed by atoms with Crippen LogP contribution in [-0.4, -0.2) is 59.7 Å². The molecule has 2 aromatic heterocycles. The quantitative estimate of drug-likeness (QED) is 0.499. The van der Waals surface area contributed by atoms with Gasteiger partial charge in [0.15, 0.2) is 0 Å². The van der Waals surface area contributed by atoms with E-state index in [0.717, 1.165) is 75.5 Å². The van der Waals surface area contributed by atoms with Gasteiger partial charge in [-0.2, -0.15) is 0 Å². The van der Waals surface area contributed by atoms with Gasteiger partial charge in [0, 0.05) is 49.2 Å². The fourth-order valence-electron chi connectivity index (χ4n) is 4.11. The summed E-state index contributed by atoms with van der Waals surface area (Å²) in [5, 5.41) is 5.54. The summed E-state index contributed by atoms with van der Waals surface area (Å²) in [6.45, 7) is 6.73. The average molecular weight is 441 g/mol. The summed E-state index contributed by atoms with van der Waals surface area (Å²) >= 11 is 1.52. The maximum absolute atomic E-state index is 13.0. The Balaban J connectivity index is 1.36. The summed E-state index contributed by atoms with van der Waals surface area (Å²) in [5.74, 6) is -0.00364. The summed E-state index contributed by atoms with van der Waals surface area (Å²) in [6.07, 6.45) is 8.71. The van der Waals surface area contributed by atoms with Crippen LogP contribution in [0.25, 0.3) is 10.9 Å². The first-order chi connectivity index (χ1) is 15.2. The van der Waals surface area contributed by atoms with Crippen molar-refractivity contribution in [3.8, 4) is 0 Å². The molecule has 0 radical (unpaired) electrons. The summed E-state index contributed by atoms with van der Waals surface area (Å²) < 4.78 is 5.40. The average Bonchev–Trinajstić information content (AvgIpc) is 3.44. The van der Waals surface area contributed by atoms with Gasteiger partial charge < -0.3 is 15.0 Å². The SMILES string of the molecule is CCCC[C@@H](Cc1c[nH]c2ccccc12)NC(=O)c1cnc(CCN2CCOCC2)s1. The van der Waals surface area contributed by atoms with E-state index in [1.165, 1.54) is 22.3 Å². The lowest BCUT2D eigenvalue weighted by Gasteiger charge is -2.25. The molecule has 1 aliphatic heterocycles. The standard InChI is InChI=1S/C24H32N4O2S/c1-2-3-6-19(15-18-16-25-21-8-5-4-7-20(18)21)27-24(29)22-17-26-23(31-22)9-10-28-11-13-30-14-12-28/h4-5,7-8,16-17,19,25H,2-3,6,9-15H2,1H3,(H,27,29)/t19-/m0/s1. The van der Waals surface area contributed by atoms with E-state index >= 15 is 0 Å². The Morgan fingerprint density at radius 1 is 1.32 bits per heavy atom. The predicted octanol–water partition coefficient (Wildman–Crippen LogP) is 4.03. The Morgan fingerprint density at radius 3 is 3.00 bits per heavy atom. The Hall–Kier alpha value is -2.22. The van der Waals surface area contributed by atoms with Crippen molar-refractivity contribution in [2.45, 2.75) is 45.1 Å². The third kappa shape index (κ3) is 5.93. The molecular weight excluding hydrogens is 408 g/mol. The fraction of sp³-hybridized carbons (Fsp3) is 0.500. The van der Waals surface area contributed by atoms with Crippen molar-refractivity contribution in [1.82, 2.24) is 20.2 Å². The Labute approximate surface area is 188 Å². The van der Waals surface area contributed by atoms with Crippen molar-refractivity contribution in [3.63, 3.8) is 0 Å². The molecule has 0 aliphatic carbocycles. The zero-order valence-corrected chi connectivity index (χ0v) is 19.0. The van der Waals surface area contributed by atoms with Crippen LogP contribution in [0.1, 0.15) is 46.4 Å². The lowest BCUT2D eigenvalue weighted by molar-refractivity contribution is 0.0384. The molecule has 1 atom stereocenters. The summed E-state index contributed by atoms with van der Waals surface area (Å²) in [4.78, 5) is 23.9. The van der Waals surface area contributed by atoms with Gasteiger partial charge in [0.25, 0.3) is 5.91 Å². The second kappa shape index (κ2) is 10.9. The van der Waals surface area contributed by atoms with Crippen LogP contribution in [0.15, 0.2) is 36.7 Å². The van der Waals surface area contributed by atoms with Crippen LogP contribution < -0.4 is 5.32 Å². The van der Waals surface area contributed by atoms with Crippen LogP contribution >= 0.6 is 11.3 Å². The normalized spacial score (nSPS) is 15.9. The topological polar surface area (TPSA) is 70.2 Å². The lowest BCUT2D eigenvalue weighted by atomic mass is 10.0. The number of nitrogens with zero attached hydrogens (tertiary/aromatic N) is 2. The van der Waals surface area contributed by atoms with E-state index in [2.05, 4.69) is 51.5 Å². The number of carbonyl (C=O) groups is 1. The van der Waals surface area contributed by atoms with E-state index in [1.807, 2.05) is 6.07 Å². The number of aromatic amines is 1. The molecule has 1 amide bonds. The summed E-state index contributed by atoms with van der Waals surface area (Å²) in [6, 6.07) is 8.46. The number of aromatic nitrogens is 2. The largest absolute Gasteiger partial charge is 0.379 e. The maximum Gasteiger partial charge on any atom is 0.263 e. The molecule has 7 heteroatoms. The van der Waals surface area contributed by atoms with E-state index in [9.17, 15) is 4.79 Å². The number of morpholine rings is 1. The molecule has 4 rings (SSSR count). The summed E-state index contributed by atoms with van der Waals surface area (Å²) in [5.41, 5.74) is 2.40. The van der Waals surface area contributed by atoms with E-state index in [4.69, 9.17) is 4.74 Å². The number of benzene rings is 1. The van der Waals surface area contributed by atoms with Crippen molar-refractivity contribution in [2.24, 2.45) is 0 Å². The number of para-hydroxylation sites is 1. The molecule has 31 heavy (non-hydrogen) atoms. The van der Waals surface area contributed by atoms with Crippen molar-refractivity contribution in [3.05, 3.63) is 52.1 Å². The number of thiazole rings is 1. The van der Waals surface area contributed by atoms with Gasteiger partial charge in [-0.1, -0.05) is 38.0 Å². The number of ether oxygens (including phenoxy) is 1. The number of hydrogen-bond donors (Lipinski definition) is 2. The molecule has 1 aromatic carbocycles. The zero-order chi connectivity index (χ0) is 21.5. The molecule has 1 fully saturated rings. The third-order valence-electron chi connectivity index (χ3n) is 5.91. The first-order valence-corrected chi connectivity index (χ1v) is 12.1. The molecule has 1 aliphatic rings. The lowest BCUT2D eigenvalue weighted by Crippen LogP contribution is -2.37. The monoisotopic (exact) mass is 440 g/mol. The molecule has 0 bridgehead atoms. The van der Waals surface area contributed by atoms with Gasteiger partial charge in [-0.3, -0.25) is 9.69 Å². The first kappa shape index (κ1) is 22.0. The van der Waals surface area contributed by atoms with Gasteiger partial charge >= 0.3 is 0 Å². The maximum atomic E-state index is 13.0. The first-order valence-electron chi connectivity index (χ1n) is 11.3. The molecule has 1 saturated heterocycles. The van der Waals surface area contributed by atoms with Gasteiger partial charge in [0.2, 0.25) is 0 Å². The number of unbranched alkanes of at least 4 members (excludes halogenated alkanes) is 1. The fourth-order valence-corrected chi connectivity index (χ4v) is 4.92. The number of rotatable bonds is 10. The predicted molar refractivity (Wildman–Crippen MR) is 126 cm³/mol. The van der Waals surface area contributed by atoms with Crippen LogP contribution in [0.2, 0.25) is 0 Å². The third-order valence-corrected chi connectivity index (χ3v) is 6.96. The number of H-pyrrole nitrogens is 1. The van der Waals surface area contributed by atoms with Crippen LogP contribution in [0, 0.1) is 0 Å². The van der Waals surface area contributed by atoms with E-state index in [0.29, 0.717) is 4.88 Å². The van der Waals surface area contributed by atoms with Gasteiger partial charge in [-0.05, 0) is 24.5 Å². The summed E-state index contributed by atoms with van der Waals surface area (Å²) in [7, 11) is 0. The Bertz CT molecular complexity index is 977. The second-order valence-corrected chi connectivity index (χ2v) is 9.31. The van der Waals surface area contributed by atoms with Gasteiger partial charge in [-0.25, -0.2) is 4.98 Å². The van der Waals surface area contributed by atoms with E-state index < -0.39 is 0 Å². The highest BCUT2D eigenvalue weighted by Gasteiger charge is 2.18. The van der Waals surface area contributed by atoms with Crippen molar-refractivity contribution in [2.75, 3.05) is 32.8 Å². The van der Waals surface area contributed by atoms with E-state index in [1.54, 1.807) is 6.20 Å². The molecule has 3 heterocycles. The second-order valence-electron chi connectivity index (χ2n) is 8.20. The van der Waals surface area contributed by atoms with Crippen LogP contribution in [0.3, 0.4) is 0 Å². The highest BCUT2D eigenvalue weighted by molar-refractivity contribution is 7.13. The number of fused-ring (bicyclic) bond motifs is 1. The minimum Gasteiger partial charge on any atom is -0.379 e. The Morgan fingerprint density at radius 2 is 2.16 bits per heavy atom. The molecule has 6 nitrogen and oxygen atoms in total. The van der Waals surface area contributed by atoms with Crippen molar-refractivity contribution >= 4 is 28.1 Å². The molecule has 0 spiro atoms. The van der Waals surface area contributed by atoms with Gasteiger partial charge in [0.1, 0.15) is 4.88 Å². The molecule has 0 unspecified atom stereocenters. The van der Waals surface area contributed by atoms with Crippen molar-refractivity contribution < 1.29 is 9.53 Å². The van der Waals surface area contributed by atoms with E-state index in [-0.39, 0.29) is 11.9 Å². The molecular formula is C24H32N4O2S. The number of amides is 1. The zero-order valence-electron chi connectivity index (χ0n) is 18.2. The van der Waals surface area contributed by atoms with Gasteiger partial charge in [0.05, 0.1) is 24.4 Å². The minimum absolute atomic E-state index is 0.00364. The highest BCUT2D eigenvalue weighted by atomic mass is 32.1. The van der Waals surface area contributed by atoms with Crippen LogP contribution in [-0.2, 0) is 17.6 Å². The number of carbonyl (C=O) groups excluding carboxylic acids is 1. The minimum atomic E-state index is -0.00364. The molecule has 2 N–H and O–H groups in total. The van der Waals surface area contributed by atoms with Crippen LogP contribution in [0.4, 0.5) is 0 Å². The Kier molecular flexibility index (Phi) is 7.72. The number of hydrogen-bond acceptors (Lipinski definition) is 5. The molecule has 3 aromatic rings. The van der Waals surface area contributed by atoms with Crippen LogP contribution in [0.5, 0.6) is 0 Å². The smallest absolute Gasteiger partial charge is 0.263 e. The highest BCUT2D eigenvalue weighted by Crippen LogP contribution is 2.21. The molecule has 166 valence electrons.